The summed E-state index contributed by atoms with van der Waals surface area (Å²) in [6.07, 6.45) is -1.03. The molecule has 1 atom stereocenters. The molecule has 0 bridgehead atoms. The molecule has 0 saturated heterocycles. The van der Waals surface area contributed by atoms with Gasteiger partial charge in [-0.25, -0.2) is 9.18 Å². The summed E-state index contributed by atoms with van der Waals surface area (Å²) < 4.78 is 14.6. The Bertz CT molecular complexity index is 888. The van der Waals surface area contributed by atoms with Gasteiger partial charge in [0.1, 0.15) is 11.9 Å². The van der Waals surface area contributed by atoms with Crippen LogP contribution in [-0.2, 0) is 0 Å². The van der Waals surface area contributed by atoms with Crippen LogP contribution in [0.15, 0.2) is 44.1 Å². The van der Waals surface area contributed by atoms with E-state index in [0.29, 0.717) is 31.1 Å². The average molecular weight is 416 g/mol. The molecule has 108 valence electrons. The van der Waals surface area contributed by atoms with E-state index in [1.165, 1.54) is 12.1 Å². The molecule has 1 heterocycles. The van der Waals surface area contributed by atoms with Gasteiger partial charge < -0.3 is 15.1 Å². The Morgan fingerprint density at radius 2 is 1.62 bits per heavy atom. The van der Waals surface area contributed by atoms with Crippen molar-refractivity contribution in [3.8, 4) is 0 Å². The highest BCUT2D eigenvalue weighted by atomic mass is 79.9. The molecule has 0 saturated carbocycles. The summed E-state index contributed by atoms with van der Waals surface area (Å²) in [6.45, 7) is 0. The molecule has 2 aromatic carbocycles. The maximum absolute atomic E-state index is 13.4. The van der Waals surface area contributed by atoms with Crippen LogP contribution in [0.1, 0.15) is 17.2 Å². The van der Waals surface area contributed by atoms with Gasteiger partial charge in [0.25, 0.3) is 0 Å². The fraction of sp³-hybridized carbons (Fsp3) is 0.0714. The van der Waals surface area contributed by atoms with E-state index in [4.69, 9.17) is 0 Å². The lowest BCUT2D eigenvalue weighted by atomic mass is 10.0. The van der Waals surface area contributed by atoms with Crippen LogP contribution < -0.4 is 5.69 Å². The maximum Gasteiger partial charge on any atom is 0.323 e. The van der Waals surface area contributed by atoms with Gasteiger partial charge in [0.2, 0.25) is 0 Å². The summed E-state index contributed by atoms with van der Waals surface area (Å²) in [6, 6.07) is 7.46. The second-order valence-electron chi connectivity index (χ2n) is 4.57. The minimum absolute atomic E-state index is 0.324. The van der Waals surface area contributed by atoms with Crippen LogP contribution in [0, 0.1) is 5.82 Å². The number of imidazole rings is 1. The second kappa shape index (κ2) is 5.40. The number of aliphatic hydroxyl groups is 1. The van der Waals surface area contributed by atoms with Crippen molar-refractivity contribution >= 4 is 42.9 Å². The van der Waals surface area contributed by atoms with Crippen LogP contribution >= 0.6 is 31.9 Å². The largest absolute Gasteiger partial charge is 0.384 e. The summed E-state index contributed by atoms with van der Waals surface area (Å²) in [4.78, 5) is 16.6. The summed E-state index contributed by atoms with van der Waals surface area (Å²) in [7, 11) is 0. The first-order chi connectivity index (χ1) is 9.95. The SMILES string of the molecule is O=c1[nH]c2cc(Br)c(C(O)c3cc(F)ccc3Br)cc2[nH]1. The molecule has 3 N–H and O–H groups in total. The Morgan fingerprint density at radius 1 is 1.00 bits per heavy atom. The number of hydrogen-bond donors (Lipinski definition) is 3. The lowest BCUT2D eigenvalue weighted by molar-refractivity contribution is 0.218. The van der Waals surface area contributed by atoms with Crippen molar-refractivity contribution in [2.75, 3.05) is 0 Å². The standard InChI is InChI=1S/C14H9Br2FN2O2/c15-9-2-1-6(17)3-7(9)13(20)8-4-11-12(5-10(8)16)19-14(21)18-11/h1-5,13,20H,(H2,18,19,21). The highest BCUT2D eigenvalue weighted by Gasteiger charge is 2.18. The molecule has 4 nitrogen and oxygen atoms in total. The van der Waals surface area contributed by atoms with Gasteiger partial charge in [0.15, 0.2) is 0 Å². The molecule has 0 amide bonds. The van der Waals surface area contributed by atoms with E-state index in [-0.39, 0.29) is 5.69 Å². The third kappa shape index (κ3) is 2.68. The number of aromatic nitrogens is 2. The van der Waals surface area contributed by atoms with Crippen LogP contribution in [0.25, 0.3) is 11.0 Å². The van der Waals surface area contributed by atoms with Gasteiger partial charge in [-0.3, -0.25) is 0 Å². The molecule has 21 heavy (non-hydrogen) atoms. The van der Waals surface area contributed by atoms with Crippen molar-refractivity contribution in [3.63, 3.8) is 0 Å². The summed E-state index contributed by atoms with van der Waals surface area (Å²) in [5.41, 5.74) is 1.82. The fourth-order valence-electron chi connectivity index (χ4n) is 2.17. The van der Waals surface area contributed by atoms with Gasteiger partial charge in [-0.15, -0.1) is 0 Å². The van der Waals surface area contributed by atoms with Crippen molar-refractivity contribution in [3.05, 3.63) is 66.7 Å². The number of benzene rings is 2. The van der Waals surface area contributed by atoms with E-state index in [9.17, 15) is 14.3 Å². The zero-order chi connectivity index (χ0) is 15.1. The Labute approximate surface area is 135 Å². The number of hydrogen-bond acceptors (Lipinski definition) is 2. The molecule has 3 rings (SSSR count). The predicted octanol–water partition coefficient (Wildman–Crippen LogP) is 3.60. The zero-order valence-electron chi connectivity index (χ0n) is 10.5. The molecule has 0 aliphatic carbocycles. The van der Waals surface area contributed by atoms with Crippen LogP contribution in [0.5, 0.6) is 0 Å². The minimum atomic E-state index is -1.03. The molecule has 0 aliphatic heterocycles. The van der Waals surface area contributed by atoms with Crippen LogP contribution in [0.4, 0.5) is 4.39 Å². The van der Waals surface area contributed by atoms with Crippen molar-refractivity contribution in [1.82, 2.24) is 9.97 Å². The van der Waals surface area contributed by atoms with E-state index in [2.05, 4.69) is 41.8 Å². The number of fused-ring (bicyclic) bond motifs is 1. The number of halogens is 3. The normalized spacial score (nSPS) is 12.8. The van der Waals surface area contributed by atoms with E-state index >= 15 is 0 Å². The number of aromatic amines is 2. The van der Waals surface area contributed by atoms with E-state index in [1.807, 2.05) is 0 Å². The predicted molar refractivity (Wildman–Crippen MR) is 84.8 cm³/mol. The first-order valence-corrected chi connectivity index (χ1v) is 7.59. The Kier molecular flexibility index (Phi) is 3.73. The third-order valence-electron chi connectivity index (χ3n) is 3.18. The van der Waals surface area contributed by atoms with Crippen molar-refractivity contribution in [1.29, 1.82) is 0 Å². The number of aliphatic hydroxyl groups excluding tert-OH is 1. The van der Waals surface area contributed by atoms with E-state index in [0.717, 1.165) is 0 Å². The van der Waals surface area contributed by atoms with Gasteiger partial charge in [0, 0.05) is 20.1 Å². The summed E-state index contributed by atoms with van der Waals surface area (Å²) in [5, 5.41) is 10.5. The molecular weight excluding hydrogens is 407 g/mol. The Hall–Kier alpha value is -1.44. The van der Waals surface area contributed by atoms with Gasteiger partial charge in [-0.05, 0) is 30.3 Å². The molecule has 3 aromatic rings. The molecule has 0 aliphatic rings. The molecule has 0 radical (unpaired) electrons. The summed E-state index contributed by atoms with van der Waals surface area (Å²) in [5.74, 6) is -0.431. The highest BCUT2D eigenvalue weighted by Crippen LogP contribution is 2.34. The van der Waals surface area contributed by atoms with Gasteiger partial charge >= 0.3 is 5.69 Å². The van der Waals surface area contributed by atoms with E-state index < -0.39 is 11.9 Å². The second-order valence-corrected chi connectivity index (χ2v) is 6.28. The smallest absolute Gasteiger partial charge is 0.323 e. The molecule has 1 unspecified atom stereocenters. The first-order valence-electron chi connectivity index (χ1n) is 6.00. The van der Waals surface area contributed by atoms with Crippen LogP contribution in [0.3, 0.4) is 0 Å². The van der Waals surface area contributed by atoms with Gasteiger partial charge in [-0.2, -0.15) is 0 Å². The van der Waals surface area contributed by atoms with Gasteiger partial charge in [-0.1, -0.05) is 31.9 Å². The molecule has 0 spiro atoms. The summed E-state index contributed by atoms with van der Waals surface area (Å²) >= 11 is 6.66. The average Bonchev–Trinajstić information content (AvgIpc) is 2.79. The van der Waals surface area contributed by atoms with Crippen molar-refractivity contribution in [2.24, 2.45) is 0 Å². The van der Waals surface area contributed by atoms with Crippen LogP contribution in [-0.4, -0.2) is 15.1 Å². The van der Waals surface area contributed by atoms with E-state index in [1.54, 1.807) is 18.2 Å². The fourth-order valence-corrected chi connectivity index (χ4v) is 3.20. The lowest BCUT2D eigenvalue weighted by Crippen LogP contribution is -2.02. The Balaban J connectivity index is 2.16. The number of H-pyrrole nitrogens is 2. The lowest BCUT2D eigenvalue weighted by Gasteiger charge is -2.15. The number of nitrogens with one attached hydrogen (secondary N) is 2. The minimum Gasteiger partial charge on any atom is -0.384 e. The Morgan fingerprint density at radius 3 is 2.33 bits per heavy atom. The van der Waals surface area contributed by atoms with Crippen molar-refractivity contribution < 1.29 is 9.50 Å². The number of rotatable bonds is 2. The third-order valence-corrected chi connectivity index (χ3v) is 4.59. The molecule has 0 fully saturated rings. The monoisotopic (exact) mass is 414 g/mol. The molecular formula is C14H9Br2FN2O2. The molecule has 7 heteroatoms. The first kappa shape index (κ1) is 14.5. The molecule has 1 aromatic heterocycles. The highest BCUT2D eigenvalue weighted by molar-refractivity contribution is 9.10. The van der Waals surface area contributed by atoms with Gasteiger partial charge in [0.05, 0.1) is 11.0 Å². The quantitative estimate of drug-likeness (QED) is 0.598. The maximum atomic E-state index is 13.4. The van der Waals surface area contributed by atoms with Crippen molar-refractivity contribution in [2.45, 2.75) is 6.10 Å². The zero-order valence-corrected chi connectivity index (χ0v) is 13.6. The topological polar surface area (TPSA) is 68.9 Å². The van der Waals surface area contributed by atoms with Crippen LogP contribution in [0.2, 0.25) is 0 Å².